The van der Waals surface area contributed by atoms with E-state index in [-0.39, 0.29) is 18.6 Å². The first-order chi connectivity index (χ1) is 8.51. The monoisotopic (exact) mass is 270 g/mol. The van der Waals surface area contributed by atoms with Crippen LogP contribution in [-0.2, 0) is 9.53 Å². The van der Waals surface area contributed by atoms with Crippen molar-refractivity contribution >= 4 is 17.6 Å². The first-order valence-electron chi connectivity index (χ1n) is 5.76. The number of nitrogens with zero attached hydrogens (tertiary/aromatic N) is 1. The first-order valence-corrected chi connectivity index (χ1v) is 6.14. The molecule has 0 heterocycles. The Morgan fingerprint density at radius 3 is 2.44 bits per heavy atom. The van der Waals surface area contributed by atoms with E-state index in [1.54, 1.807) is 0 Å². The summed E-state index contributed by atoms with van der Waals surface area (Å²) in [6.45, 7) is 2.23. The Kier molecular flexibility index (Phi) is 5.59. The summed E-state index contributed by atoms with van der Waals surface area (Å²) in [7, 11) is 3.22. The number of methoxy groups -OCH3 is 1. The molecule has 4 nitrogen and oxygen atoms in total. The lowest BCUT2D eigenvalue weighted by molar-refractivity contribution is -0.146. The van der Waals surface area contributed by atoms with Gasteiger partial charge in [-0.2, -0.15) is 0 Å². The fourth-order valence-corrected chi connectivity index (χ4v) is 1.94. The number of esters is 1. The number of likely N-dealkylation sites (N-methyl/N-ethyl adjacent to an activating group) is 1. The number of hydrogen-bond donors (Lipinski definition) is 1. The van der Waals surface area contributed by atoms with Gasteiger partial charge in [0.05, 0.1) is 7.11 Å². The fraction of sp³-hybridized carbons (Fsp3) is 0.462. The van der Waals surface area contributed by atoms with Crippen molar-refractivity contribution in [3.05, 3.63) is 34.9 Å². The maximum absolute atomic E-state index is 11.6. The quantitative estimate of drug-likeness (QED) is 0.830. The molecule has 2 atom stereocenters. The molecule has 1 aromatic carbocycles. The zero-order valence-electron chi connectivity index (χ0n) is 10.9. The van der Waals surface area contributed by atoms with Crippen molar-refractivity contribution in [2.75, 3.05) is 20.7 Å². The average molecular weight is 271 g/mol. The number of hydrogen-bond acceptors (Lipinski definition) is 4. The largest absolute Gasteiger partial charge is 0.468 e. The molecule has 0 aromatic heterocycles. The summed E-state index contributed by atoms with van der Waals surface area (Å²) in [5, 5.41) is 0.692. The molecule has 0 fully saturated rings. The van der Waals surface area contributed by atoms with Gasteiger partial charge in [0.1, 0.15) is 6.04 Å². The van der Waals surface area contributed by atoms with E-state index in [0.29, 0.717) is 5.02 Å². The van der Waals surface area contributed by atoms with Crippen molar-refractivity contribution in [1.82, 2.24) is 4.90 Å². The van der Waals surface area contributed by atoms with E-state index in [9.17, 15) is 4.79 Å². The van der Waals surface area contributed by atoms with Gasteiger partial charge in [-0.15, -0.1) is 0 Å². The van der Waals surface area contributed by atoms with Crippen LogP contribution in [0.2, 0.25) is 5.02 Å². The molecule has 100 valence electrons. The summed E-state index contributed by atoms with van der Waals surface area (Å²) in [6, 6.07) is 7.15. The summed E-state index contributed by atoms with van der Waals surface area (Å²) in [5.74, 6) is -0.319. The van der Waals surface area contributed by atoms with Gasteiger partial charge >= 0.3 is 5.97 Å². The van der Waals surface area contributed by atoms with Crippen molar-refractivity contribution in [3.63, 3.8) is 0 Å². The lowest BCUT2D eigenvalue weighted by Gasteiger charge is -2.30. The summed E-state index contributed by atoms with van der Waals surface area (Å²) < 4.78 is 4.75. The lowest BCUT2D eigenvalue weighted by Crippen LogP contribution is -2.45. The minimum absolute atomic E-state index is 0.0508. The van der Waals surface area contributed by atoms with E-state index in [1.165, 1.54) is 7.11 Å². The molecule has 0 saturated carbocycles. The molecule has 1 rings (SSSR count). The molecule has 18 heavy (non-hydrogen) atoms. The molecule has 1 aromatic rings. The number of carbonyl (C=O) groups excluding carboxylic acids is 1. The second kappa shape index (κ2) is 6.73. The van der Waals surface area contributed by atoms with Crippen LogP contribution in [-0.4, -0.2) is 37.6 Å². The second-order valence-corrected chi connectivity index (χ2v) is 4.60. The molecule has 0 saturated heterocycles. The van der Waals surface area contributed by atoms with Crippen LogP contribution in [0.15, 0.2) is 24.3 Å². The van der Waals surface area contributed by atoms with Gasteiger partial charge in [0.25, 0.3) is 0 Å². The summed E-state index contributed by atoms with van der Waals surface area (Å²) in [5.41, 5.74) is 6.70. The minimum Gasteiger partial charge on any atom is -0.468 e. The SMILES string of the molecule is COC(=O)C(CN)N(C)C(C)c1ccc(Cl)cc1. The van der Waals surface area contributed by atoms with E-state index in [1.807, 2.05) is 43.1 Å². The van der Waals surface area contributed by atoms with Gasteiger partial charge in [-0.1, -0.05) is 23.7 Å². The van der Waals surface area contributed by atoms with Crippen molar-refractivity contribution in [2.45, 2.75) is 19.0 Å². The van der Waals surface area contributed by atoms with Crippen molar-refractivity contribution in [1.29, 1.82) is 0 Å². The average Bonchev–Trinajstić information content (AvgIpc) is 2.39. The molecule has 0 bridgehead atoms. The van der Waals surface area contributed by atoms with Crippen LogP contribution in [0.1, 0.15) is 18.5 Å². The summed E-state index contributed by atoms with van der Waals surface area (Å²) >= 11 is 5.85. The predicted octanol–water partition coefficient (Wildman–Crippen LogP) is 1.83. The molecular weight excluding hydrogens is 252 g/mol. The van der Waals surface area contributed by atoms with E-state index in [0.717, 1.165) is 5.56 Å². The first kappa shape index (κ1) is 15.0. The Balaban J connectivity index is 2.84. The maximum Gasteiger partial charge on any atom is 0.324 e. The highest BCUT2D eigenvalue weighted by molar-refractivity contribution is 6.30. The molecular formula is C13H19ClN2O2. The van der Waals surface area contributed by atoms with Crippen LogP contribution in [0.4, 0.5) is 0 Å². The lowest BCUT2D eigenvalue weighted by atomic mass is 10.1. The molecule has 2 unspecified atom stereocenters. The van der Waals surface area contributed by atoms with E-state index >= 15 is 0 Å². The second-order valence-electron chi connectivity index (χ2n) is 4.17. The normalized spacial score (nSPS) is 14.3. The number of benzene rings is 1. The molecule has 5 heteroatoms. The fourth-order valence-electron chi connectivity index (χ4n) is 1.81. The van der Waals surface area contributed by atoms with E-state index in [4.69, 9.17) is 22.1 Å². The van der Waals surface area contributed by atoms with Gasteiger partial charge < -0.3 is 10.5 Å². The number of halogens is 1. The van der Waals surface area contributed by atoms with Crippen molar-refractivity contribution in [2.24, 2.45) is 5.73 Å². The molecule has 0 aliphatic carbocycles. The van der Waals surface area contributed by atoms with Crippen LogP contribution < -0.4 is 5.73 Å². The van der Waals surface area contributed by atoms with Gasteiger partial charge in [-0.3, -0.25) is 9.69 Å². The van der Waals surface area contributed by atoms with Gasteiger partial charge in [0.15, 0.2) is 0 Å². The molecule has 0 amide bonds. The van der Waals surface area contributed by atoms with Crippen LogP contribution >= 0.6 is 11.6 Å². The number of rotatable bonds is 5. The summed E-state index contributed by atoms with van der Waals surface area (Å²) in [6.07, 6.45) is 0. The zero-order chi connectivity index (χ0) is 13.7. The van der Waals surface area contributed by atoms with Crippen LogP contribution in [0.5, 0.6) is 0 Å². The smallest absolute Gasteiger partial charge is 0.324 e. The Morgan fingerprint density at radius 1 is 1.44 bits per heavy atom. The predicted molar refractivity (Wildman–Crippen MR) is 72.5 cm³/mol. The molecule has 0 spiro atoms. The van der Waals surface area contributed by atoms with Crippen LogP contribution in [0, 0.1) is 0 Å². The van der Waals surface area contributed by atoms with Gasteiger partial charge in [0, 0.05) is 17.6 Å². The topological polar surface area (TPSA) is 55.6 Å². The van der Waals surface area contributed by atoms with Crippen molar-refractivity contribution < 1.29 is 9.53 Å². The standard InChI is InChI=1S/C13H19ClN2O2/c1-9(10-4-6-11(14)7-5-10)16(2)12(8-15)13(17)18-3/h4-7,9,12H,8,15H2,1-3H3. The zero-order valence-corrected chi connectivity index (χ0v) is 11.6. The highest BCUT2D eigenvalue weighted by Gasteiger charge is 2.26. The molecule has 0 radical (unpaired) electrons. The summed E-state index contributed by atoms with van der Waals surface area (Å²) in [4.78, 5) is 13.5. The van der Waals surface area contributed by atoms with Gasteiger partial charge in [0.2, 0.25) is 0 Å². The van der Waals surface area contributed by atoms with Crippen molar-refractivity contribution in [3.8, 4) is 0 Å². The van der Waals surface area contributed by atoms with E-state index in [2.05, 4.69) is 0 Å². The minimum atomic E-state index is -0.444. The number of carbonyl (C=O) groups is 1. The van der Waals surface area contributed by atoms with Gasteiger partial charge in [-0.05, 0) is 31.7 Å². The number of ether oxygens (including phenoxy) is 1. The van der Waals surface area contributed by atoms with Crippen LogP contribution in [0.3, 0.4) is 0 Å². The maximum atomic E-state index is 11.6. The number of nitrogens with two attached hydrogens (primary N) is 1. The Bertz CT molecular complexity index is 394. The Morgan fingerprint density at radius 2 is 2.00 bits per heavy atom. The van der Waals surface area contributed by atoms with Gasteiger partial charge in [-0.25, -0.2) is 0 Å². The Labute approximate surface area is 113 Å². The molecule has 2 N–H and O–H groups in total. The molecule has 0 aliphatic heterocycles. The molecule has 0 aliphatic rings. The third kappa shape index (κ3) is 3.45. The van der Waals surface area contributed by atoms with Crippen LogP contribution in [0.25, 0.3) is 0 Å². The highest BCUT2D eigenvalue weighted by atomic mass is 35.5. The third-order valence-corrected chi connectivity index (χ3v) is 3.40. The third-order valence-electron chi connectivity index (χ3n) is 3.15. The van der Waals surface area contributed by atoms with E-state index < -0.39 is 6.04 Å². The Hall–Kier alpha value is -1.10. The highest BCUT2D eigenvalue weighted by Crippen LogP contribution is 2.22.